The predicted molar refractivity (Wildman–Crippen MR) is 40.2 cm³/mol. The predicted octanol–water partition coefficient (Wildman–Crippen LogP) is 1.44. The molecular formula is C7H10N2. The van der Waals surface area contributed by atoms with Gasteiger partial charge in [0.1, 0.15) is 0 Å². The standard InChI is InChI=1S/C7H10N2/c1-8-5-6-3-4-7(6)9-2/h5H,2-4H2,1H3. The van der Waals surface area contributed by atoms with E-state index in [9.17, 15) is 0 Å². The van der Waals surface area contributed by atoms with E-state index in [1.165, 1.54) is 5.57 Å². The fourth-order valence-corrected chi connectivity index (χ4v) is 0.857. The molecule has 0 aromatic carbocycles. The van der Waals surface area contributed by atoms with Crippen LogP contribution in [0.25, 0.3) is 0 Å². The highest BCUT2D eigenvalue weighted by atomic mass is 14.7. The molecule has 1 aliphatic carbocycles. The van der Waals surface area contributed by atoms with E-state index in [2.05, 4.69) is 16.7 Å². The Kier molecular flexibility index (Phi) is 1.78. The summed E-state index contributed by atoms with van der Waals surface area (Å²) in [5.74, 6) is 0. The van der Waals surface area contributed by atoms with Crippen LogP contribution in [0.3, 0.4) is 0 Å². The minimum absolute atomic E-state index is 1.07. The summed E-state index contributed by atoms with van der Waals surface area (Å²) in [6.45, 7) is 3.45. The molecule has 9 heavy (non-hydrogen) atoms. The maximum atomic E-state index is 3.89. The average Bonchev–Trinajstić information content (AvgIpc) is 1.82. The summed E-state index contributed by atoms with van der Waals surface area (Å²) in [5.41, 5.74) is 2.35. The van der Waals surface area contributed by atoms with Crippen LogP contribution in [0, 0.1) is 0 Å². The Morgan fingerprint density at radius 2 is 2.33 bits per heavy atom. The Morgan fingerprint density at radius 3 is 2.67 bits per heavy atom. The molecule has 0 N–H and O–H groups in total. The first-order valence-electron chi connectivity index (χ1n) is 2.99. The zero-order valence-electron chi connectivity index (χ0n) is 5.59. The molecule has 0 saturated heterocycles. The highest BCUT2D eigenvalue weighted by Gasteiger charge is 2.12. The molecule has 0 atom stereocenters. The van der Waals surface area contributed by atoms with Crippen molar-refractivity contribution in [3.63, 3.8) is 0 Å². The molecule has 0 amide bonds. The van der Waals surface area contributed by atoms with E-state index >= 15 is 0 Å². The highest BCUT2D eigenvalue weighted by Crippen LogP contribution is 2.26. The quantitative estimate of drug-likeness (QED) is 0.495. The molecule has 0 aliphatic heterocycles. The highest BCUT2D eigenvalue weighted by molar-refractivity contribution is 5.81. The van der Waals surface area contributed by atoms with Gasteiger partial charge in [-0.15, -0.1) is 0 Å². The van der Waals surface area contributed by atoms with Crippen molar-refractivity contribution in [1.82, 2.24) is 0 Å². The summed E-state index contributed by atoms with van der Waals surface area (Å²) < 4.78 is 0. The van der Waals surface area contributed by atoms with Gasteiger partial charge < -0.3 is 0 Å². The van der Waals surface area contributed by atoms with Gasteiger partial charge in [-0.25, -0.2) is 0 Å². The minimum atomic E-state index is 1.07. The second-order valence-electron chi connectivity index (χ2n) is 2.02. The SMILES string of the molecule is C=NC1=C(C=NC)CC1. The van der Waals surface area contributed by atoms with E-state index < -0.39 is 0 Å². The molecular weight excluding hydrogens is 112 g/mol. The Bertz CT molecular complexity index is 177. The second-order valence-corrected chi connectivity index (χ2v) is 2.02. The van der Waals surface area contributed by atoms with Gasteiger partial charge in [0.25, 0.3) is 0 Å². The van der Waals surface area contributed by atoms with E-state index in [1.807, 2.05) is 6.21 Å². The van der Waals surface area contributed by atoms with Crippen molar-refractivity contribution in [2.75, 3.05) is 7.05 Å². The second kappa shape index (κ2) is 2.58. The summed E-state index contributed by atoms with van der Waals surface area (Å²) in [4.78, 5) is 7.72. The third kappa shape index (κ3) is 1.07. The monoisotopic (exact) mass is 122 g/mol. The first-order valence-corrected chi connectivity index (χ1v) is 2.99. The van der Waals surface area contributed by atoms with Gasteiger partial charge in [-0.1, -0.05) is 0 Å². The van der Waals surface area contributed by atoms with Gasteiger partial charge in [-0.2, -0.15) is 0 Å². The summed E-state index contributed by atoms with van der Waals surface area (Å²) in [6.07, 6.45) is 4.05. The normalized spacial score (nSPS) is 18.3. The maximum absolute atomic E-state index is 3.89. The molecule has 0 bridgehead atoms. The number of rotatable bonds is 2. The number of allylic oxidation sites excluding steroid dienone is 2. The number of hydrogen-bond acceptors (Lipinski definition) is 2. The lowest BCUT2D eigenvalue weighted by atomic mass is 9.96. The van der Waals surface area contributed by atoms with Crippen molar-refractivity contribution >= 4 is 12.9 Å². The van der Waals surface area contributed by atoms with Gasteiger partial charge >= 0.3 is 0 Å². The summed E-state index contributed by atoms with van der Waals surface area (Å²) in [7, 11) is 1.77. The Hall–Kier alpha value is -0.920. The van der Waals surface area contributed by atoms with Crippen molar-refractivity contribution in [2.45, 2.75) is 12.8 Å². The maximum Gasteiger partial charge on any atom is 0.0446 e. The largest absolute Gasteiger partial charge is 0.296 e. The lowest BCUT2D eigenvalue weighted by Gasteiger charge is -2.15. The number of aliphatic imine (C=N–C) groups is 2. The van der Waals surface area contributed by atoms with E-state index in [0.717, 1.165) is 18.5 Å². The molecule has 0 unspecified atom stereocenters. The molecule has 0 fully saturated rings. The Labute approximate surface area is 55.0 Å². The molecule has 0 saturated carbocycles. The van der Waals surface area contributed by atoms with E-state index in [1.54, 1.807) is 7.05 Å². The van der Waals surface area contributed by atoms with Crippen molar-refractivity contribution in [2.24, 2.45) is 9.98 Å². The lowest BCUT2D eigenvalue weighted by molar-refractivity contribution is 0.831. The topological polar surface area (TPSA) is 24.7 Å². The molecule has 1 rings (SSSR count). The van der Waals surface area contributed by atoms with Gasteiger partial charge in [0.15, 0.2) is 0 Å². The Morgan fingerprint density at radius 1 is 1.56 bits per heavy atom. The molecule has 0 heterocycles. The van der Waals surface area contributed by atoms with Gasteiger partial charge in [0.2, 0.25) is 0 Å². The van der Waals surface area contributed by atoms with Crippen LogP contribution in [0.1, 0.15) is 12.8 Å². The first-order chi connectivity index (χ1) is 4.38. The summed E-state index contributed by atoms with van der Waals surface area (Å²) in [6, 6.07) is 0. The van der Waals surface area contributed by atoms with Gasteiger partial charge in [-0.3, -0.25) is 9.98 Å². The van der Waals surface area contributed by atoms with Crippen LogP contribution in [-0.4, -0.2) is 20.0 Å². The van der Waals surface area contributed by atoms with Gasteiger partial charge in [-0.05, 0) is 25.1 Å². The molecule has 1 aliphatic rings. The molecule has 2 nitrogen and oxygen atoms in total. The van der Waals surface area contributed by atoms with Crippen molar-refractivity contribution in [3.8, 4) is 0 Å². The minimum Gasteiger partial charge on any atom is -0.296 e. The van der Waals surface area contributed by atoms with Gasteiger partial charge in [0.05, 0.1) is 0 Å². The summed E-state index contributed by atoms with van der Waals surface area (Å²) in [5, 5.41) is 0. The molecule has 0 aromatic rings. The first kappa shape index (κ1) is 6.20. The zero-order valence-corrected chi connectivity index (χ0v) is 5.59. The number of hydrogen-bond donors (Lipinski definition) is 0. The average molecular weight is 122 g/mol. The van der Waals surface area contributed by atoms with Crippen LogP contribution in [-0.2, 0) is 0 Å². The van der Waals surface area contributed by atoms with E-state index in [-0.39, 0.29) is 0 Å². The number of nitrogens with zero attached hydrogens (tertiary/aromatic N) is 2. The van der Waals surface area contributed by atoms with Crippen LogP contribution < -0.4 is 0 Å². The van der Waals surface area contributed by atoms with Crippen LogP contribution in [0.2, 0.25) is 0 Å². The van der Waals surface area contributed by atoms with Crippen LogP contribution >= 0.6 is 0 Å². The molecule has 2 heteroatoms. The third-order valence-corrected chi connectivity index (χ3v) is 1.48. The molecule has 0 radical (unpaired) electrons. The summed E-state index contributed by atoms with van der Waals surface area (Å²) >= 11 is 0. The van der Waals surface area contributed by atoms with E-state index in [0.29, 0.717) is 0 Å². The van der Waals surface area contributed by atoms with Crippen LogP contribution in [0.15, 0.2) is 21.3 Å². The zero-order chi connectivity index (χ0) is 6.69. The van der Waals surface area contributed by atoms with Crippen molar-refractivity contribution < 1.29 is 0 Å². The van der Waals surface area contributed by atoms with Crippen molar-refractivity contribution in [1.29, 1.82) is 0 Å². The smallest absolute Gasteiger partial charge is 0.0446 e. The molecule has 0 aromatic heterocycles. The third-order valence-electron chi connectivity index (χ3n) is 1.48. The van der Waals surface area contributed by atoms with E-state index in [4.69, 9.17) is 0 Å². The fraction of sp³-hybridized carbons (Fsp3) is 0.429. The molecule has 48 valence electrons. The fourth-order valence-electron chi connectivity index (χ4n) is 0.857. The Balaban J connectivity index is 2.69. The van der Waals surface area contributed by atoms with Crippen LogP contribution in [0.4, 0.5) is 0 Å². The van der Waals surface area contributed by atoms with Crippen molar-refractivity contribution in [3.05, 3.63) is 11.3 Å². The molecule has 0 spiro atoms. The lowest BCUT2D eigenvalue weighted by Crippen LogP contribution is -2.02. The van der Waals surface area contributed by atoms with Gasteiger partial charge in [0, 0.05) is 19.0 Å². The van der Waals surface area contributed by atoms with Crippen LogP contribution in [0.5, 0.6) is 0 Å².